The molecule has 0 aromatic heterocycles. The van der Waals surface area contributed by atoms with Crippen LogP contribution in [0, 0.1) is 0 Å². The van der Waals surface area contributed by atoms with Crippen molar-refractivity contribution in [2.45, 2.75) is 65.2 Å². The van der Waals surface area contributed by atoms with Crippen molar-refractivity contribution in [1.29, 1.82) is 0 Å². The average Bonchev–Trinajstić information content (AvgIpc) is 2.29. The molecule has 0 saturated carbocycles. The van der Waals surface area contributed by atoms with Gasteiger partial charge in [0.2, 0.25) is 0 Å². The molecule has 0 unspecified atom stereocenters. The van der Waals surface area contributed by atoms with Crippen molar-refractivity contribution in [2.24, 2.45) is 0 Å². The van der Waals surface area contributed by atoms with Gasteiger partial charge in [-0.3, -0.25) is 0 Å². The normalized spacial score (nSPS) is 10.1. The first-order valence-electron chi connectivity index (χ1n) is 6.83. The number of amides is 2. The Morgan fingerprint density at radius 2 is 1.19 bits per heavy atom. The quantitative estimate of drug-likeness (QED) is 0.552. The Morgan fingerprint density at radius 3 is 1.75 bits per heavy atom. The van der Waals surface area contributed by atoms with Crippen LogP contribution in [0.1, 0.15) is 65.2 Å². The summed E-state index contributed by atoms with van der Waals surface area (Å²) in [6.07, 6.45) is 9.66. The highest BCUT2D eigenvalue weighted by Crippen LogP contribution is 2.00. The van der Waals surface area contributed by atoms with Crippen molar-refractivity contribution in [3.63, 3.8) is 0 Å². The molecule has 0 aromatic carbocycles. The van der Waals surface area contributed by atoms with Crippen LogP contribution in [0.3, 0.4) is 0 Å². The lowest BCUT2D eigenvalue weighted by atomic mass is 10.1. The van der Waals surface area contributed by atoms with Crippen LogP contribution >= 0.6 is 0 Å². The number of carbonyl (C=O) groups excluding carboxylic acids is 1. The maximum absolute atomic E-state index is 11.3. The van der Waals surface area contributed by atoms with Crippen LogP contribution < -0.4 is 10.6 Å². The predicted molar refractivity (Wildman–Crippen MR) is 69.7 cm³/mol. The fourth-order valence-corrected chi connectivity index (χ4v) is 1.57. The Hall–Kier alpha value is -0.730. The fraction of sp³-hybridized carbons (Fsp3) is 0.923. The zero-order valence-electron chi connectivity index (χ0n) is 11.0. The minimum atomic E-state index is -0.00778. The van der Waals surface area contributed by atoms with Crippen molar-refractivity contribution < 1.29 is 4.79 Å². The van der Waals surface area contributed by atoms with Gasteiger partial charge in [0.15, 0.2) is 0 Å². The first-order valence-corrected chi connectivity index (χ1v) is 6.83. The van der Waals surface area contributed by atoms with E-state index >= 15 is 0 Å². The van der Waals surface area contributed by atoms with Crippen LogP contribution in [0.4, 0.5) is 4.79 Å². The molecule has 2 amide bonds. The molecule has 0 radical (unpaired) electrons. The lowest BCUT2D eigenvalue weighted by molar-refractivity contribution is 0.240. The average molecular weight is 228 g/mol. The molecule has 0 rings (SSSR count). The summed E-state index contributed by atoms with van der Waals surface area (Å²) < 4.78 is 0. The largest absolute Gasteiger partial charge is 0.338 e. The smallest absolute Gasteiger partial charge is 0.314 e. The van der Waals surface area contributed by atoms with Crippen LogP contribution in [0.2, 0.25) is 0 Å². The van der Waals surface area contributed by atoms with Gasteiger partial charge in [0.05, 0.1) is 0 Å². The summed E-state index contributed by atoms with van der Waals surface area (Å²) >= 11 is 0. The van der Waals surface area contributed by atoms with E-state index in [4.69, 9.17) is 0 Å². The van der Waals surface area contributed by atoms with Crippen molar-refractivity contribution in [3.8, 4) is 0 Å². The van der Waals surface area contributed by atoms with Gasteiger partial charge in [-0.2, -0.15) is 0 Å². The van der Waals surface area contributed by atoms with E-state index < -0.39 is 0 Å². The molecule has 0 aliphatic rings. The van der Waals surface area contributed by atoms with Gasteiger partial charge in [-0.15, -0.1) is 0 Å². The van der Waals surface area contributed by atoms with Gasteiger partial charge in [0.25, 0.3) is 0 Å². The molecule has 0 bridgehead atoms. The molecule has 16 heavy (non-hydrogen) atoms. The summed E-state index contributed by atoms with van der Waals surface area (Å²) in [5, 5.41) is 5.76. The van der Waals surface area contributed by atoms with Gasteiger partial charge in [-0.05, 0) is 12.8 Å². The molecule has 2 N–H and O–H groups in total. The van der Waals surface area contributed by atoms with E-state index in [1.54, 1.807) is 0 Å². The molecular weight excluding hydrogens is 200 g/mol. The molecule has 0 heterocycles. The number of rotatable bonds is 10. The molecule has 96 valence electrons. The van der Waals surface area contributed by atoms with E-state index in [0.29, 0.717) is 0 Å². The summed E-state index contributed by atoms with van der Waals surface area (Å²) in [4.78, 5) is 11.3. The first kappa shape index (κ1) is 15.3. The number of nitrogens with one attached hydrogen (secondary N) is 2. The summed E-state index contributed by atoms with van der Waals surface area (Å²) in [7, 11) is 0. The Kier molecular flexibility index (Phi) is 11.8. The lowest BCUT2D eigenvalue weighted by Crippen LogP contribution is -2.36. The second kappa shape index (κ2) is 12.3. The minimum absolute atomic E-state index is 0.00778. The van der Waals surface area contributed by atoms with Gasteiger partial charge < -0.3 is 10.6 Å². The fourth-order valence-electron chi connectivity index (χ4n) is 1.57. The second-order valence-corrected chi connectivity index (χ2v) is 4.30. The number of carbonyl (C=O) groups is 1. The maximum Gasteiger partial charge on any atom is 0.314 e. The van der Waals surface area contributed by atoms with Gasteiger partial charge in [0, 0.05) is 13.1 Å². The molecular formula is C13H28N2O. The molecule has 0 saturated heterocycles. The van der Waals surface area contributed by atoms with Crippen molar-refractivity contribution in [3.05, 3.63) is 0 Å². The Balaban J connectivity index is 3.11. The molecule has 0 aliphatic carbocycles. The highest BCUT2D eigenvalue weighted by atomic mass is 16.2. The number of unbranched alkanes of at least 4 members (excludes halogenated alkanes) is 6. The zero-order valence-corrected chi connectivity index (χ0v) is 11.0. The third-order valence-electron chi connectivity index (χ3n) is 2.63. The number of hydrogen-bond acceptors (Lipinski definition) is 1. The molecule has 0 atom stereocenters. The third-order valence-corrected chi connectivity index (χ3v) is 2.63. The van der Waals surface area contributed by atoms with Crippen LogP contribution in [0.5, 0.6) is 0 Å². The van der Waals surface area contributed by atoms with Gasteiger partial charge in [-0.25, -0.2) is 4.79 Å². The van der Waals surface area contributed by atoms with E-state index in [2.05, 4.69) is 24.5 Å². The van der Waals surface area contributed by atoms with Crippen LogP contribution in [0.25, 0.3) is 0 Å². The van der Waals surface area contributed by atoms with Gasteiger partial charge >= 0.3 is 6.03 Å². The van der Waals surface area contributed by atoms with Gasteiger partial charge in [-0.1, -0.05) is 52.4 Å². The zero-order chi connectivity index (χ0) is 12.1. The van der Waals surface area contributed by atoms with Crippen LogP contribution in [-0.2, 0) is 0 Å². The molecule has 0 aliphatic heterocycles. The first-order chi connectivity index (χ1) is 7.81. The van der Waals surface area contributed by atoms with Crippen molar-refractivity contribution >= 4 is 6.03 Å². The van der Waals surface area contributed by atoms with Crippen molar-refractivity contribution in [1.82, 2.24) is 10.6 Å². The predicted octanol–water partition coefficient (Wildman–Crippen LogP) is 3.45. The van der Waals surface area contributed by atoms with E-state index in [1.165, 1.54) is 38.5 Å². The summed E-state index contributed by atoms with van der Waals surface area (Å²) in [6.45, 7) is 5.98. The van der Waals surface area contributed by atoms with Crippen LogP contribution in [-0.4, -0.2) is 19.1 Å². The highest BCUT2D eigenvalue weighted by molar-refractivity contribution is 5.73. The molecule has 3 nitrogen and oxygen atoms in total. The summed E-state index contributed by atoms with van der Waals surface area (Å²) in [6, 6.07) is -0.00778. The lowest BCUT2D eigenvalue weighted by Gasteiger charge is -2.06. The third kappa shape index (κ3) is 11.3. The van der Waals surface area contributed by atoms with Gasteiger partial charge in [0.1, 0.15) is 0 Å². The molecule has 0 aromatic rings. The number of urea groups is 1. The SMILES string of the molecule is CCCCCCCNC(=O)NCCCCC. The molecule has 0 spiro atoms. The van der Waals surface area contributed by atoms with E-state index in [0.717, 1.165) is 25.9 Å². The highest BCUT2D eigenvalue weighted by Gasteiger charge is 1.97. The van der Waals surface area contributed by atoms with E-state index in [9.17, 15) is 4.79 Å². The Labute approximate surface area is 100 Å². The Bertz CT molecular complexity index is 160. The monoisotopic (exact) mass is 228 g/mol. The van der Waals surface area contributed by atoms with Crippen molar-refractivity contribution in [2.75, 3.05) is 13.1 Å². The summed E-state index contributed by atoms with van der Waals surface area (Å²) in [5.74, 6) is 0. The second-order valence-electron chi connectivity index (χ2n) is 4.30. The van der Waals surface area contributed by atoms with E-state index in [1.807, 2.05) is 0 Å². The number of hydrogen-bond donors (Lipinski definition) is 2. The van der Waals surface area contributed by atoms with Crippen LogP contribution in [0.15, 0.2) is 0 Å². The van der Waals surface area contributed by atoms with E-state index in [-0.39, 0.29) is 6.03 Å². The molecule has 0 fully saturated rings. The maximum atomic E-state index is 11.3. The Morgan fingerprint density at radius 1 is 0.750 bits per heavy atom. The standard InChI is InChI=1S/C13H28N2O/c1-3-5-7-8-10-12-15-13(16)14-11-9-6-4-2/h3-12H2,1-2H3,(H2,14,15,16). The topological polar surface area (TPSA) is 41.1 Å². The molecule has 3 heteroatoms. The minimum Gasteiger partial charge on any atom is -0.338 e. The summed E-state index contributed by atoms with van der Waals surface area (Å²) in [5.41, 5.74) is 0.